The number of hydrogen-bond acceptors (Lipinski definition) is 3. The Balaban J connectivity index is 0.000000891. The maximum absolute atomic E-state index is 12.4. The van der Waals surface area contributed by atoms with Gasteiger partial charge in [-0.2, -0.15) is 0 Å². The summed E-state index contributed by atoms with van der Waals surface area (Å²) in [5.74, 6) is 0.0630. The molecule has 6 nitrogen and oxygen atoms in total. The average Bonchev–Trinajstić information content (AvgIpc) is 3.06. The topological polar surface area (TPSA) is 84.2 Å². The van der Waals surface area contributed by atoms with Crippen LogP contribution in [0.4, 0.5) is 0 Å². The normalized spacial score (nSPS) is 11.1. The predicted molar refractivity (Wildman–Crippen MR) is 92.6 cm³/mol. The van der Waals surface area contributed by atoms with Gasteiger partial charge in [0.1, 0.15) is 6.04 Å². The second-order valence-electron chi connectivity index (χ2n) is 5.51. The van der Waals surface area contributed by atoms with E-state index in [1.807, 2.05) is 55.2 Å². The smallest absolute Gasteiger partial charge is 0.290 e. The molecule has 24 heavy (non-hydrogen) atoms. The molecule has 130 valence electrons. The second-order valence-corrected chi connectivity index (χ2v) is 5.51. The number of carbonyl (C=O) groups is 2. The summed E-state index contributed by atoms with van der Waals surface area (Å²) in [5.41, 5.74) is 3.23. The SMILES string of the molecule is CCCC(C(=O)NCc1cnc(C)cc1C)n1cccc1.O=CO. The van der Waals surface area contributed by atoms with Crippen molar-refractivity contribution in [3.05, 3.63) is 53.6 Å². The van der Waals surface area contributed by atoms with Gasteiger partial charge >= 0.3 is 0 Å². The van der Waals surface area contributed by atoms with Gasteiger partial charge in [0, 0.05) is 30.8 Å². The highest BCUT2D eigenvalue weighted by Gasteiger charge is 2.18. The summed E-state index contributed by atoms with van der Waals surface area (Å²) in [7, 11) is 0. The first-order valence-corrected chi connectivity index (χ1v) is 7.93. The zero-order valence-corrected chi connectivity index (χ0v) is 14.4. The fraction of sp³-hybridized carbons (Fsp3) is 0.389. The van der Waals surface area contributed by atoms with Crippen molar-refractivity contribution >= 4 is 12.4 Å². The fourth-order valence-electron chi connectivity index (χ4n) is 2.45. The van der Waals surface area contributed by atoms with Crippen LogP contribution in [-0.2, 0) is 16.1 Å². The van der Waals surface area contributed by atoms with Crippen LogP contribution in [0.3, 0.4) is 0 Å². The summed E-state index contributed by atoms with van der Waals surface area (Å²) in [6.45, 7) is 6.39. The minimum Gasteiger partial charge on any atom is -0.483 e. The summed E-state index contributed by atoms with van der Waals surface area (Å²) < 4.78 is 1.97. The van der Waals surface area contributed by atoms with Gasteiger partial charge in [0.2, 0.25) is 5.91 Å². The number of carboxylic acid groups (broad SMARTS) is 1. The molecule has 0 bridgehead atoms. The number of pyridine rings is 1. The summed E-state index contributed by atoms with van der Waals surface area (Å²) in [5, 5.41) is 9.92. The maximum atomic E-state index is 12.4. The molecule has 0 aromatic carbocycles. The Morgan fingerprint density at radius 2 is 2.00 bits per heavy atom. The van der Waals surface area contributed by atoms with E-state index in [2.05, 4.69) is 17.2 Å². The van der Waals surface area contributed by atoms with Gasteiger partial charge in [-0.3, -0.25) is 14.6 Å². The molecule has 2 heterocycles. The Bertz CT molecular complexity index is 639. The maximum Gasteiger partial charge on any atom is 0.290 e. The lowest BCUT2D eigenvalue weighted by Gasteiger charge is -2.18. The Labute approximate surface area is 142 Å². The first kappa shape index (κ1) is 19.4. The molecule has 0 saturated heterocycles. The molecular formula is C18H25N3O3. The molecule has 2 aromatic heterocycles. The largest absolute Gasteiger partial charge is 0.483 e. The first-order chi connectivity index (χ1) is 11.5. The molecule has 0 aliphatic heterocycles. The third kappa shape index (κ3) is 5.87. The highest BCUT2D eigenvalue weighted by atomic mass is 16.3. The van der Waals surface area contributed by atoms with Crippen LogP contribution in [0.25, 0.3) is 0 Å². The molecule has 6 heteroatoms. The fourth-order valence-corrected chi connectivity index (χ4v) is 2.45. The summed E-state index contributed by atoms with van der Waals surface area (Å²) in [6, 6.07) is 5.80. The standard InChI is InChI=1S/C17H23N3O.CH2O2/c1-4-7-16(20-8-5-6-9-20)17(21)19-12-15-11-18-14(3)10-13(15)2;2-1-3/h5-6,8-11,16H,4,7,12H2,1-3H3,(H,19,21);1H,(H,2,3). The molecule has 2 aromatic rings. The van der Waals surface area contributed by atoms with E-state index in [0.29, 0.717) is 6.54 Å². The molecule has 1 amide bonds. The first-order valence-electron chi connectivity index (χ1n) is 7.93. The lowest BCUT2D eigenvalue weighted by Crippen LogP contribution is -2.32. The van der Waals surface area contributed by atoms with Gasteiger partial charge in [-0.15, -0.1) is 0 Å². The Morgan fingerprint density at radius 3 is 2.54 bits per heavy atom. The number of aryl methyl sites for hydroxylation is 2. The van der Waals surface area contributed by atoms with Gasteiger partial charge in [0.05, 0.1) is 0 Å². The number of rotatable bonds is 6. The minimum atomic E-state index is -0.250. The van der Waals surface area contributed by atoms with E-state index >= 15 is 0 Å². The van der Waals surface area contributed by atoms with Crippen LogP contribution < -0.4 is 5.32 Å². The lowest BCUT2D eigenvalue weighted by molar-refractivity contribution is -0.125. The van der Waals surface area contributed by atoms with Crippen molar-refractivity contribution in [2.75, 3.05) is 0 Å². The zero-order valence-electron chi connectivity index (χ0n) is 14.4. The average molecular weight is 331 g/mol. The molecule has 0 spiro atoms. The van der Waals surface area contributed by atoms with Gasteiger partial charge in [-0.25, -0.2) is 0 Å². The van der Waals surface area contributed by atoms with Gasteiger partial charge in [-0.05, 0) is 49.6 Å². The minimum absolute atomic E-state index is 0.0630. The van der Waals surface area contributed by atoms with Crippen molar-refractivity contribution < 1.29 is 14.7 Å². The van der Waals surface area contributed by atoms with Crippen LogP contribution in [-0.4, -0.2) is 27.0 Å². The van der Waals surface area contributed by atoms with E-state index in [9.17, 15) is 4.79 Å². The Kier molecular flexibility index (Phi) is 8.25. The van der Waals surface area contributed by atoms with E-state index in [0.717, 1.165) is 29.7 Å². The van der Waals surface area contributed by atoms with Gasteiger partial charge in [0.15, 0.2) is 0 Å². The quantitative estimate of drug-likeness (QED) is 0.797. The van der Waals surface area contributed by atoms with Crippen LogP contribution in [0.2, 0.25) is 0 Å². The number of aromatic nitrogens is 2. The molecule has 0 aliphatic carbocycles. The van der Waals surface area contributed by atoms with Crippen molar-refractivity contribution in [1.82, 2.24) is 14.9 Å². The van der Waals surface area contributed by atoms with Gasteiger partial charge in [-0.1, -0.05) is 13.3 Å². The third-order valence-electron chi connectivity index (χ3n) is 3.66. The van der Waals surface area contributed by atoms with Crippen molar-refractivity contribution in [3.63, 3.8) is 0 Å². The van der Waals surface area contributed by atoms with Crippen LogP contribution in [0.5, 0.6) is 0 Å². The third-order valence-corrected chi connectivity index (χ3v) is 3.66. The van der Waals surface area contributed by atoms with Crippen LogP contribution in [0, 0.1) is 13.8 Å². The molecule has 0 radical (unpaired) electrons. The second kappa shape index (κ2) is 10.2. The highest BCUT2D eigenvalue weighted by Crippen LogP contribution is 2.15. The molecule has 2 rings (SSSR count). The molecular weight excluding hydrogens is 306 g/mol. The number of hydrogen-bond donors (Lipinski definition) is 2. The van der Waals surface area contributed by atoms with Crippen molar-refractivity contribution in [3.8, 4) is 0 Å². The lowest BCUT2D eigenvalue weighted by atomic mass is 10.1. The highest BCUT2D eigenvalue weighted by molar-refractivity contribution is 5.80. The molecule has 1 unspecified atom stereocenters. The van der Waals surface area contributed by atoms with Crippen molar-refractivity contribution in [1.29, 1.82) is 0 Å². The predicted octanol–water partition coefficient (Wildman–Crippen LogP) is 2.86. The van der Waals surface area contributed by atoms with Crippen LogP contribution >= 0.6 is 0 Å². The summed E-state index contributed by atoms with van der Waals surface area (Å²) >= 11 is 0. The Morgan fingerprint density at radius 1 is 1.38 bits per heavy atom. The van der Waals surface area contributed by atoms with Crippen molar-refractivity contribution in [2.24, 2.45) is 0 Å². The van der Waals surface area contributed by atoms with E-state index in [1.165, 1.54) is 0 Å². The van der Waals surface area contributed by atoms with E-state index in [1.54, 1.807) is 0 Å². The number of amides is 1. The number of nitrogens with zero attached hydrogens (tertiary/aromatic N) is 2. The van der Waals surface area contributed by atoms with Gasteiger partial charge in [0.25, 0.3) is 6.47 Å². The summed E-state index contributed by atoms with van der Waals surface area (Å²) in [6.07, 6.45) is 7.54. The number of carbonyl (C=O) groups excluding carboxylic acids is 1. The molecule has 0 saturated carbocycles. The van der Waals surface area contributed by atoms with Crippen LogP contribution in [0.1, 0.15) is 42.6 Å². The van der Waals surface area contributed by atoms with Crippen LogP contribution in [0.15, 0.2) is 36.8 Å². The molecule has 1 atom stereocenters. The molecule has 0 fully saturated rings. The van der Waals surface area contributed by atoms with Gasteiger partial charge < -0.3 is 15.0 Å². The molecule has 2 N–H and O–H groups in total. The van der Waals surface area contributed by atoms with E-state index < -0.39 is 0 Å². The van der Waals surface area contributed by atoms with E-state index in [4.69, 9.17) is 9.90 Å². The van der Waals surface area contributed by atoms with E-state index in [-0.39, 0.29) is 18.4 Å². The Hall–Kier alpha value is -2.63. The van der Waals surface area contributed by atoms with Crippen molar-refractivity contribution in [2.45, 2.75) is 46.2 Å². The monoisotopic (exact) mass is 331 g/mol. The summed E-state index contributed by atoms with van der Waals surface area (Å²) in [4.78, 5) is 25.1. The zero-order chi connectivity index (χ0) is 17.9. The number of nitrogens with one attached hydrogen (secondary N) is 1. The molecule has 0 aliphatic rings.